The Kier molecular flexibility index (Phi) is 7.82. The summed E-state index contributed by atoms with van der Waals surface area (Å²) in [5, 5.41) is 0. The average molecular weight is 224 g/mol. The van der Waals surface area contributed by atoms with Crippen molar-refractivity contribution < 1.29 is 4.55 Å². The normalized spacial score (nSPS) is 12.2. The molecule has 0 heterocycles. The molecule has 0 amide bonds. The quantitative estimate of drug-likeness (QED) is 0.285. The molecule has 10 heavy (non-hydrogen) atoms. The Morgan fingerprint density at radius 1 is 1.60 bits per heavy atom. The standard InChI is InChI=1S/C6H11NOSSe/c1-9(8)5-3-2-4-7-6-10/h2-5H2,1H3. The molecule has 0 spiro atoms. The predicted molar refractivity (Wildman–Crippen MR) is 46.2 cm³/mol. The van der Waals surface area contributed by atoms with Crippen LogP contribution in [-0.2, 0) is 11.2 Å². The first-order chi connectivity index (χ1) is 4.77. The summed E-state index contributed by atoms with van der Waals surface area (Å²) >= 11 is 1.92. The third-order valence-corrected chi connectivity index (χ3v) is 2.15. The topological polar surface area (TPSA) is 35.4 Å². The molecule has 0 saturated carbocycles. The van der Waals surface area contributed by atoms with Gasteiger partial charge in [-0.3, -0.25) is 0 Å². The van der Waals surface area contributed by atoms with Gasteiger partial charge < -0.3 is 0 Å². The number of hydrogen-bond acceptors (Lipinski definition) is 2. The molecule has 0 bridgehead atoms. The first-order valence-electron chi connectivity index (χ1n) is 3.11. The first-order valence-corrected chi connectivity index (χ1v) is 5.69. The Hall–Kier alpha value is 0.409. The van der Waals surface area contributed by atoms with Gasteiger partial charge in [-0.1, -0.05) is 0 Å². The van der Waals surface area contributed by atoms with Gasteiger partial charge in [0, 0.05) is 0 Å². The second-order valence-corrected chi connectivity index (χ2v) is 3.90. The molecule has 0 fully saturated rings. The van der Waals surface area contributed by atoms with Crippen molar-refractivity contribution in [1.82, 2.24) is 0 Å². The van der Waals surface area contributed by atoms with Crippen molar-refractivity contribution in [2.45, 2.75) is 12.8 Å². The second-order valence-electron chi connectivity index (χ2n) is 1.96. The zero-order valence-electron chi connectivity index (χ0n) is 6.00. The molecule has 0 radical (unpaired) electrons. The van der Waals surface area contributed by atoms with Crippen LogP contribution in [0.1, 0.15) is 12.8 Å². The Bertz CT molecular complexity index is 123. The molecular weight excluding hydrogens is 213 g/mol. The molecule has 2 nitrogen and oxygen atoms in total. The first kappa shape index (κ1) is 10.4. The van der Waals surface area contributed by atoms with Crippen LogP contribution in [0.4, 0.5) is 0 Å². The summed E-state index contributed by atoms with van der Waals surface area (Å²) in [7, 11) is 0. The van der Waals surface area contributed by atoms with E-state index in [1.165, 1.54) is 0 Å². The average Bonchev–Trinajstić information content (AvgIpc) is 1.87. The number of nitrogens with zero attached hydrogens (tertiary/aromatic N) is 1. The number of aliphatic imine (C=N–C) groups is 1. The number of rotatable bonds is 5. The van der Waals surface area contributed by atoms with E-state index < -0.39 is 11.2 Å². The van der Waals surface area contributed by atoms with E-state index in [9.17, 15) is 4.55 Å². The van der Waals surface area contributed by atoms with E-state index >= 15 is 0 Å². The van der Waals surface area contributed by atoms with E-state index in [0.29, 0.717) is 0 Å². The van der Waals surface area contributed by atoms with Gasteiger partial charge in [-0.15, -0.1) is 0 Å². The molecule has 0 aromatic carbocycles. The van der Waals surface area contributed by atoms with Gasteiger partial charge in [0.2, 0.25) is 0 Å². The Labute approximate surface area is 72.7 Å². The Balaban J connectivity index is 2.98. The minimum absolute atomic E-state index is 0.641. The van der Waals surface area contributed by atoms with Crippen molar-refractivity contribution in [2.75, 3.05) is 18.6 Å². The monoisotopic (exact) mass is 225 g/mol. The maximum atomic E-state index is 10.5. The maximum absolute atomic E-state index is 10.5. The van der Waals surface area contributed by atoms with Crippen LogP contribution < -0.4 is 0 Å². The van der Waals surface area contributed by atoms with E-state index in [2.05, 4.69) is 25.3 Å². The molecular formula is C6H11NOSSe. The van der Waals surface area contributed by atoms with E-state index in [0.717, 1.165) is 25.1 Å². The van der Waals surface area contributed by atoms with Crippen LogP contribution in [0.25, 0.3) is 0 Å². The van der Waals surface area contributed by atoms with E-state index in [-0.39, 0.29) is 0 Å². The van der Waals surface area contributed by atoms with Crippen LogP contribution >= 0.6 is 0 Å². The fourth-order valence-electron chi connectivity index (χ4n) is 0.542. The van der Waals surface area contributed by atoms with E-state index in [4.69, 9.17) is 0 Å². The summed E-state index contributed by atoms with van der Waals surface area (Å²) in [6.07, 6.45) is 3.73. The van der Waals surface area contributed by atoms with Crippen molar-refractivity contribution in [3.8, 4) is 0 Å². The van der Waals surface area contributed by atoms with Gasteiger partial charge in [0.05, 0.1) is 0 Å². The molecule has 0 N–H and O–H groups in total. The van der Waals surface area contributed by atoms with Gasteiger partial charge in [0.1, 0.15) is 0 Å². The van der Waals surface area contributed by atoms with E-state index in [1.807, 2.05) is 0 Å². The fraction of sp³-hybridized carbons (Fsp3) is 0.833. The van der Waals surface area contributed by atoms with Gasteiger partial charge in [-0.05, 0) is 0 Å². The zero-order chi connectivity index (χ0) is 7.82. The van der Waals surface area contributed by atoms with Crippen molar-refractivity contribution in [3.05, 3.63) is 0 Å². The van der Waals surface area contributed by atoms with Crippen molar-refractivity contribution in [1.29, 1.82) is 0 Å². The predicted octanol–water partition coefficient (Wildman–Crippen LogP) is 0.219. The third kappa shape index (κ3) is 8.41. The summed E-state index contributed by atoms with van der Waals surface area (Å²) in [5.41, 5.74) is 0. The molecule has 0 aliphatic rings. The van der Waals surface area contributed by atoms with Gasteiger partial charge in [0.25, 0.3) is 0 Å². The summed E-state index contributed by atoms with van der Waals surface area (Å²) in [4.78, 5) is 3.86. The van der Waals surface area contributed by atoms with Crippen LogP contribution in [0.5, 0.6) is 0 Å². The molecule has 1 unspecified atom stereocenters. The SMILES string of the molecule is C[S+]([O-])CCCCN=C=[Se]. The van der Waals surface area contributed by atoms with Crippen molar-refractivity contribution >= 4 is 31.5 Å². The number of hydrogen-bond donors (Lipinski definition) is 0. The summed E-state index contributed by atoms with van der Waals surface area (Å²) in [6, 6.07) is 0. The molecule has 0 aromatic heterocycles. The molecule has 0 aliphatic heterocycles. The molecule has 0 aromatic rings. The fourth-order valence-corrected chi connectivity index (χ4v) is 1.34. The van der Waals surface area contributed by atoms with Crippen molar-refractivity contribution in [2.24, 2.45) is 4.99 Å². The van der Waals surface area contributed by atoms with Gasteiger partial charge in [-0.2, -0.15) is 0 Å². The van der Waals surface area contributed by atoms with Crippen LogP contribution in [0, 0.1) is 0 Å². The molecule has 0 aliphatic carbocycles. The summed E-state index contributed by atoms with van der Waals surface area (Å²) < 4.78 is 13.1. The zero-order valence-corrected chi connectivity index (χ0v) is 8.53. The van der Waals surface area contributed by atoms with Gasteiger partial charge >= 0.3 is 72.4 Å². The minimum atomic E-state index is -0.641. The second kappa shape index (κ2) is 7.52. The molecule has 0 rings (SSSR count). The van der Waals surface area contributed by atoms with Crippen LogP contribution in [-0.4, -0.2) is 43.4 Å². The molecule has 1 atom stereocenters. The summed E-state index contributed by atoms with van der Waals surface area (Å²) in [5.74, 6) is 0.795. The molecule has 58 valence electrons. The Morgan fingerprint density at radius 3 is 2.80 bits per heavy atom. The van der Waals surface area contributed by atoms with Gasteiger partial charge in [-0.25, -0.2) is 0 Å². The Morgan fingerprint density at radius 2 is 2.30 bits per heavy atom. The van der Waals surface area contributed by atoms with Crippen LogP contribution in [0.2, 0.25) is 0 Å². The summed E-state index contributed by atoms with van der Waals surface area (Å²) in [6.45, 7) is 0.796. The molecule has 4 heteroatoms. The van der Waals surface area contributed by atoms with E-state index in [1.54, 1.807) is 6.26 Å². The number of unbranched alkanes of at least 4 members (excludes halogenated alkanes) is 1. The van der Waals surface area contributed by atoms with Crippen LogP contribution in [0.15, 0.2) is 4.99 Å². The van der Waals surface area contributed by atoms with Crippen molar-refractivity contribution in [3.63, 3.8) is 0 Å². The third-order valence-electron chi connectivity index (χ3n) is 1.02. The molecule has 0 saturated heterocycles. The van der Waals surface area contributed by atoms with Gasteiger partial charge in [0.15, 0.2) is 0 Å². The van der Waals surface area contributed by atoms with Crippen LogP contribution in [0.3, 0.4) is 0 Å².